The number of halogens is 1. The molecule has 0 fully saturated rings. The first-order chi connectivity index (χ1) is 7.90. The number of carboxylic acid groups (broad SMARTS) is 1. The van der Waals surface area contributed by atoms with Crippen LogP contribution in [-0.4, -0.2) is 45.2 Å². The first-order valence-electron chi connectivity index (χ1n) is 4.70. The van der Waals surface area contributed by atoms with Gasteiger partial charge in [0.15, 0.2) is 5.16 Å². The third-order valence-electron chi connectivity index (χ3n) is 1.91. The number of carboxylic acids is 1. The second-order valence-corrected chi connectivity index (χ2v) is 4.59. The number of carbonyl (C=O) groups is 1. The molecule has 1 aromatic rings. The lowest BCUT2D eigenvalue weighted by molar-refractivity contribution is -0.133. The van der Waals surface area contributed by atoms with Crippen LogP contribution in [0.5, 0.6) is 0 Å². The molecular formula is C9H12ClN3O3S. The predicted octanol–water partition coefficient (Wildman–Crippen LogP) is 1.08. The van der Waals surface area contributed by atoms with Crippen LogP contribution >= 0.6 is 23.4 Å². The second kappa shape index (κ2) is 6.04. The van der Waals surface area contributed by atoms with Gasteiger partial charge in [-0.25, -0.2) is 9.97 Å². The zero-order chi connectivity index (χ0) is 13.0. The van der Waals surface area contributed by atoms with Crippen molar-refractivity contribution in [3.05, 3.63) is 11.2 Å². The van der Waals surface area contributed by atoms with Crippen LogP contribution in [0.4, 0.5) is 5.82 Å². The normalized spacial score (nSPS) is 12.2. The van der Waals surface area contributed by atoms with Crippen LogP contribution in [0, 0.1) is 0 Å². The Kier molecular flexibility index (Phi) is 4.98. The van der Waals surface area contributed by atoms with Gasteiger partial charge in [0.2, 0.25) is 0 Å². The van der Waals surface area contributed by atoms with Gasteiger partial charge in [-0.15, -0.1) is 0 Å². The SMILES string of the molecule is CC(O)N(C)c1cc(Cl)nc(SCC(=O)O)n1. The average molecular weight is 278 g/mol. The number of aliphatic carboxylic acids is 1. The van der Waals surface area contributed by atoms with Gasteiger partial charge >= 0.3 is 5.97 Å². The topological polar surface area (TPSA) is 86.5 Å². The number of thioether (sulfide) groups is 1. The minimum atomic E-state index is -0.955. The van der Waals surface area contributed by atoms with E-state index in [2.05, 4.69) is 9.97 Å². The van der Waals surface area contributed by atoms with Gasteiger partial charge < -0.3 is 15.1 Å². The largest absolute Gasteiger partial charge is 0.481 e. The molecule has 1 unspecified atom stereocenters. The molecule has 6 nitrogen and oxygen atoms in total. The molecule has 0 aliphatic rings. The van der Waals surface area contributed by atoms with Gasteiger partial charge in [0.05, 0.1) is 5.75 Å². The summed E-state index contributed by atoms with van der Waals surface area (Å²) in [5.74, 6) is -0.657. The number of anilines is 1. The van der Waals surface area contributed by atoms with E-state index in [0.29, 0.717) is 5.82 Å². The van der Waals surface area contributed by atoms with Crippen LogP contribution < -0.4 is 4.90 Å². The summed E-state index contributed by atoms with van der Waals surface area (Å²) in [6.07, 6.45) is -0.724. The number of aliphatic hydroxyl groups is 1. The number of nitrogens with zero attached hydrogens (tertiary/aromatic N) is 3. The van der Waals surface area contributed by atoms with Crippen LogP contribution in [0.1, 0.15) is 6.92 Å². The Labute approximate surface area is 108 Å². The van der Waals surface area contributed by atoms with Crippen molar-refractivity contribution >= 4 is 35.1 Å². The Bertz CT molecular complexity index is 416. The number of hydrogen-bond donors (Lipinski definition) is 2. The highest BCUT2D eigenvalue weighted by Gasteiger charge is 2.12. The third-order valence-corrected chi connectivity index (χ3v) is 2.93. The highest BCUT2D eigenvalue weighted by Crippen LogP contribution is 2.21. The van der Waals surface area contributed by atoms with Crippen molar-refractivity contribution in [2.75, 3.05) is 17.7 Å². The highest BCUT2D eigenvalue weighted by atomic mass is 35.5. The fraction of sp³-hybridized carbons (Fsp3) is 0.444. The van der Waals surface area contributed by atoms with E-state index in [4.69, 9.17) is 16.7 Å². The molecule has 94 valence electrons. The van der Waals surface area contributed by atoms with E-state index in [9.17, 15) is 9.90 Å². The van der Waals surface area contributed by atoms with E-state index in [0.717, 1.165) is 11.8 Å². The van der Waals surface area contributed by atoms with Crippen molar-refractivity contribution in [1.82, 2.24) is 9.97 Å². The molecule has 1 aromatic heterocycles. The van der Waals surface area contributed by atoms with Gasteiger partial charge in [-0.3, -0.25) is 4.79 Å². The van der Waals surface area contributed by atoms with Gasteiger partial charge in [-0.1, -0.05) is 23.4 Å². The molecule has 2 N–H and O–H groups in total. The van der Waals surface area contributed by atoms with Crippen molar-refractivity contribution in [1.29, 1.82) is 0 Å². The summed E-state index contributed by atoms with van der Waals surface area (Å²) in [7, 11) is 1.65. The van der Waals surface area contributed by atoms with E-state index in [1.54, 1.807) is 14.0 Å². The van der Waals surface area contributed by atoms with Gasteiger partial charge in [0.1, 0.15) is 17.2 Å². The maximum absolute atomic E-state index is 10.4. The van der Waals surface area contributed by atoms with Crippen molar-refractivity contribution in [2.45, 2.75) is 18.3 Å². The lowest BCUT2D eigenvalue weighted by Crippen LogP contribution is -2.29. The van der Waals surface area contributed by atoms with Gasteiger partial charge in [-0.05, 0) is 6.92 Å². The molecule has 0 bridgehead atoms. The average Bonchev–Trinajstić information content (AvgIpc) is 2.24. The van der Waals surface area contributed by atoms with E-state index >= 15 is 0 Å². The first kappa shape index (κ1) is 14.0. The Morgan fingerprint density at radius 2 is 2.29 bits per heavy atom. The van der Waals surface area contributed by atoms with Crippen LogP contribution in [0.2, 0.25) is 5.15 Å². The first-order valence-corrected chi connectivity index (χ1v) is 6.06. The maximum atomic E-state index is 10.4. The molecule has 0 radical (unpaired) electrons. The number of hydrogen-bond acceptors (Lipinski definition) is 6. The Morgan fingerprint density at radius 1 is 1.65 bits per heavy atom. The molecule has 1 rings (SSSR count). The minimum Gasteiger partial charge on any atom is -0.481 e. The molecule has 0 aliphatic carbocycles. The van der Waals surface area contributed by atoms with Crippen molar-refractivity contribution in [3.8, 4) is 0 Å². The summed E-state index contributed by atoms with van der Waals surface area (Å²) < 4.78 is 0. The molecule has 0 saturated carbocycles. The summed E-state index contributed by atoms with van der Waals surface area (Å²) >= 11 is 6.77. The Morgan fingerprint density at radius 3 is 2.82 bits per heavy atom. The minimum absolute atomic E-state index is 0.141. The van der Waals surface area contributed by atoms with Crippen LogP contribution in [0.3, 0.4) is 0 Å². The predicted molar refractivity (Wildman–Crippen MR) is 65.5 cm³/mol. The fourth-order valence-corrected chi connectivity index (χ4v) is 1.75. The lowest BCUT2D eigenvalue weighted by atomic mass is 10.5. The zero-order valence-electron chi connectivity index (χ0n) is 9.29. The molecule has 0 aromatic carbocycles. The summed E-state index contributed by atoms with van der Waals surface area (Å²) in [5.41, 5.74) is 0. The number of rotatable bonds is 5. The van der Waals surface area contributed by atoms with Crippen LogP contribution in [0.25, 0.3) is 0 Å². The molecular weight excluding hydrogens is 266 g/mol. The lowest BCUT2D eigenvalue weighted by Gasteiger charge is -2.21. The van der Waals surface area contributed by atoms with Crippen molar-refractivity contribution in [2.24, 2.45) is 0 Å². The van der Waals surface area contributed by atoms with Crippen LogP contribution in [0.15, 0.2) is 11.2 Å². The molecule has 0 saturated heterocycles. The molecule has 0 spiro atoms. The molecule has 8 heteroatoms. The summed E-state index contributed by atoms with van der Waals surface area (Å²) in [5, 5.41) is 18.4. The number of aliphatic hydroxyl groups excluding tert-OH is 1. The Balaban J connectivity index is 2.90. The smallest absolute Gasteiger partial charge is 0.313 e. The second-order valence-electron chi connectivity index (χ2n) is 3.26. The summed E-state index contributed by atoms with van der Waals surface area (Å²) in [6.45, 7) is 1.58. The molecule has 1 atom stereocenters. The highest BCUT2D eigenvalue weighted by molar-refractivity contribution is 7.99. The quantitative estimate of drug-likeness (QED) is 0.360. The zero-order valence-corrected chi connectivity index (χ0v) is 10.9. The fourth-order valence-electron chi connectivity index (χ4n) is 0.948. The molecule has 1 heterocycles. The molecule has 0 aliphatic heterocycles. The van der Waals surface area contributed by atoms with Gasteiger partial charge in [-0.2, -0.15) is 0 Å². The van der Waals surface area contributed by atoms with E-state index in [-0.39, 0.29) is 16.1 Å². The van der Waals surface area contributed by atoms with E-state index in [1.807, 2.05) is 0 Å². The van der Waals surface area contributed by atoms with Crippen molar-refractivity contribution in [3.63, 3.8) is 0 Å². The van der Waals surface area contributed by atoms with Crippen LogP contribution in [-0.2, 0) is 4.79 Å². The van der Waals surface area contributed by atoms with Gasteiger partial charge in [0.25, 0.3) is 0 Å². The maximum Gasteiger partial charge on any atom is 0.313 e. The molecule has 0 amide bonds. The molecule has 17 heavy (non-hydrogen) atoms. The summed E-state index contributed by atoms with van der Waals surface area (Å²) in [4.78, 5) is 19.9. The Hall–Kier alpha value is -1.05. The summed E-state index contributed by atoms with van der Waals surface area (Å²) in [6, 6.07) is 1.50. The standard InChI is InChI=1S/C9H12ClN3O3S/c1-5(14)13(2)7-3-6(10)11-9(12-7)17-4-8(15)16/h3,5,14H,4H2,1-2H3,(H,15,16). The number of aromatic nitrogens is 2. The van der Waals surface area contributed by atoms with Gasteiger partial charge in [0, 0.05) is 13.1 Å². The van der Waals surface area contributed by atoms with E-state index in [1.165, 1.54) is 11.0 Å². The van der Waals surface area contributed by atoms with Crippen molar-refractivity contribution < 1.29 is 15.0 Å². The monoisotopic (exact) mass is 277 g/mol. The third kappa shape index (κ3) is 4.37. The van der Waals surface area contributed by atoms with E-state index < -0.39 is 12.2 Å².